The second-order valence-electron chi connectivity index (χ2n) is 22.2. The maximum Gasteiger partial charge on any atom is 0.334 e. The summed E-state index contributed by atoms with van der Waals surface area (Å²) in [5, 5.41) is 62.6. The lowest BCUT2D eigenvalue weighted by Gasteiger charge is -2.28. The molecule has 30 heteroatoms. The van der Waals surface area contributed by atoms with Crippen molar-refractivity contribution < 1.29 is 72.4 Å². The number of hydrogen-bond donors (Lipinski definition) is 18. The first-order valence-corrected chi connectivity index (χ1v) is 28.8. The van der Waals surface area contributed by atoms with Gasteiger partial charge in [-0.3, -0.25) is 58.8 Å². The molecule has 0 saturated heterocycles. The molecule has 1 aliphatic carbocycles. The third kappa shape index (κ3) is 21.6. The number of hydrazine groups is 1. The van der Waals surface area contributed by atoms with Gasteiger partial charge >= 0.3 is 6.03 Å². The summed E-state index contributed by atoms with van der Waals surface area (Å²) in [5.41, 5.74) is 17.3. The minimum atomic E-state index is -1.98. The van der Waals surface area contributed by atoms with E-state index in [-0.39, 0.29) is 74.7 Å². The molecule has 1 aromatic heterocycles. The van der Waals surface area contributed by atoms with E-state index in [0.29, 0.717) is 11.1 Å². The van der Waals surface area contributed by atoms with Crippen molar-refractivity contribution in [2.45, 2.75) is 140 Å². The Morgan fingerprint density at radius 3 is 1.93 bits per heavy atom. The Morgan fingerprint density at radius 2 is 1.29 bits per heavy atom. The number of fused-ring (bicyclic) bond motifs is 1. The monoisotopic (exact) mass is 1240 g/mol. The van der Waals surface area contributed by atoms with Crippen LogP contribution in [0.3, 0.4) is 0 Å². The highest BCUT2D eigenvalue weighted by molar-refractivity contribution is 5.99. The van der Waals surface area contributed by atoms with E-state index in [1.807, 2.05) is 18.2 Å². The van der Waals surface area contributed by atoms with Crippen LogP contribution in [0, 0.1) is 29.0 Å². The Morgan fingerprint density at radius 1 is 0.674 bits per heavy atom. The van der Waals surface area contributed by atoms with Crippen LogP contribution in [-0.2, 0) is 67.2 Å². The molecule has 89 heavy (non-hydrogen) atoms. The highest BCUT2D eigenvalue weighted by atomic mass is 19.1. The minimum Gasteiger partial charge on any atom is -0.508 e. The topological polar surface area (TPSA) is 472 Å². The number of para-hydroxylation sites is 1. The van der Waals surface area contributed by atoms with Crippen molar-refractivity contribution in [3.8, 4) is 5.75 Å². The lowest BCUT2D eigenvalue weighted by atomic mass is 9.85. The van der Waals surface area contributed by atoms with Gasteiger partial charge < -0.3 is 79.6 Å². The van der Waals surface area contributed by atoms with Crippen molar-refractivity contribution in [2.75, 3.05) is 13.6 Å². The number of carbonyl (C=O) groups excluding carboxylic acids is 11. The van der Waals surface area contributed by atoms with E-state index in [2.05, 4.69) is 63.7 Å². The van der Waals surface area contributed by atoms with Gasteiger partial charge in [-0.25, -0.2) is 14.6 Å². The first kappa shape index (κ1) is 70.1. The zero-order valence-electron chi connectivity index (χ0n) is 49.9. The number of halogens is 1. The van der Waals surface area contributed by atoms with Crippen LogP contribution in [0.25, 0.3) is 10.9 Å². The van der Waals surface area contributed by atoms with Crippen LogP contribution in [0.4, 0.5) is 9.18 Å². The molecule has 0 spiro atoms. The number of phenols is 1. The number of aromatic hydroxyl groups is 1. The molecule has 20 N–H and O–H groups in total. The first-order valence-electron chi connectivity index (χ1n) is 28.8. The number of amides is 11. The van der Waals surface area contributed by atoms with Crippen LogP contribution in [-0.4, -0.2) is 159 Å². The summed E-state index contributed by atoms with van der Waals surface area (Å²) in [6.45, 7) is 5.90. The largest absolute Gasteiger partial charge is 0.508 e. The lowest BCUT2D eigenvalue weighted by Crippen LogP contribution is -2.62. The average Bonchev–Trinajstić information content (AvgIpc) is 3.62. The number of primary amides is 2. The van der Waals surface area contributed by atoms with Gasteiger partial charge in [0.05, 0.1) is 30.6 Å². The van der Waals surface area contributed by atoms with Crippen LogP contribution in [0.2, 0.25) is 0 Å². The molecule has 5 rings (SSSR count). The van der Waals surface area contributed by atoms with Crippen molar-refractivity contribution >= 4 is 81.8 Å². The lowest BCUT2D eigenvalue weighted by molar-refractivity contribution is -0.138. The van der Waals surface area contributed by atoms with E-state index in [1.165, 1.54) is 56.4 Å². The van der Waals surface area contributed by atoms with Gasteiger partial charge in [-0.15, -0.1) is 0 Å². The predicted molar refractivity (Wildman–Crippen MR) is 320 cm³/mol. The fraction of sp³-hybridized carbons (Fsp3) is 0.458. The molecular weight excluding hydrogens is 1160 g/mol. The normalized spacial score (nSPS) is 17.1. The van der Waals surface area contributed by atoms with Gasteiger partial charge in [0.1, 0.15) is 47.8 Å². The number of nitrogens with two attached hydrogens (primary N) is 2. The van der Waals surface area contributed by atoms with Gasteiger partial charge in [-0.05, 0) is 92.3 Å². The van der Waals surface area contributed by atoms with Gasteiger partial charge in [0.25, 0.3) is 5.91 Å². The molecule has 3 aromatic carbocycles. The fourth-order valence-electron chi connectivity index (χ4n) is 10.2. The Kier molecular flexibility index (Phi) is 26.3. The number of aliphatic hydroxyl groups is 2. The Labute approximate surface area is 511 Å². The van der Waals surface area contributed by atoms with E-state index in [0.717, 1.165) is 23.9 Å². The summed E-state index contributed by atoms with van der Waals surface area (Å²) in [5.74, 6) is -13.3. The number of nitrogens with one attached hydrogen (secondary N) is 13. The van der Waals surface area contributed by atoms with E-state index in [9.17, 15) is 68.1 Å². The molecule has 0 aliphatic heterocycles. The number of aliphatic hydroxyl groups excluding tert-OH is 2. The number of ketones is 1. The molecule has 1 fully saturated rings. The second kappa shape index (κ2) is 33.4. The molecule has 1 unspecified atom stereocenters. The first-order chi connectivity index (χ1) is 42.1. The zero-order chi connectivity index (χ0) is 65.6. The molecule has 4 aromatic rings. The Hall–Kier alpha value is -9.71. The average molecular weight is 1240 g/mol. The number of guanidine groups is 1. The number of urea groups is 1. The molecular formula is C59H80FN15O14. The highest BCUT2D eigenvalue weighted by Crippen LogP contribution is 2.35. The van der Waals surface area contributed by atoms with Gasteiger partial charge in [0.15, 0.2) is 11.7 Å². The second-order valence-corrected chi connectivity index (χ2v) is 22.2. The number of rotatable bonds is 31. The summed E-state index contributed by atoms with van der Waals surface area (Å²) in [4.78, 5) is 152. The molecule has 0 bridgehead atoms. The van der Waals surface area contributed by atoms with E-state index in [1.54, 1.807) is 26.1 Å². The summed E-state index contributed by atoms with van der Waals surface area (Å²) >= 11 is 0. The fourth-order valence-corrected chi connectivity index (χ4v) is 10.2. The molecule has 0 radical (unpaired) electrons. The smallest absolute Gasteiger partial charge is 0.334 e. The maximum atomic E-state index is 15.2. The van der Waals surface area contributed by atoms with Crippen LogP contribution in [0.5, 0.6) is 5.75 Å². The summed E-state index contributed by atoms with van der Waals surface area (Å²) in [6.07, 6.45) is -3.18. The number of aromatic nitrogens is 1. The number of benzene rings is 3. The van der Waals surface area contributed by atoms with Crippen molar-refractivity contribution in [3.63, 3.8) is 0 Å². The van der Waals surface area contributed by atoms with Gasteiger partial charge in [0.2, 0.25) is 47.3 Å². The van der Waals surface area contributed by atoms with Crippen LogP contribution < -0.4 is 70.2 Å². The van der Waals surface area contributed by atoms with E-state index < -0.39 is 150 Å². The van der Waals surface area contributed by atoms with Gasteiger partial charge in [-0.1, -0.05) is 62.4 Å². The van der Waals surface area contributed by atoms with Crippen molar-refractivity contribution in [2.24, 2.45) is 29.2 Å². The van der Waals surface area contributed by atoms with Gasteiger partial charge in [0, 0.05) is 56.4 Å². The third-order valence-corrected chi connectivity index (χ3v) is 14.7. The minimum absolute atomic E-state index is 0.00364. The van der Waals surface area contributed by atoms with Crippen LogP contribution in [0.15, 0.2) is 79.0 Å². The SMILES string of the molecule is CNC(=N)NCCC[C@H](NC(=O)[C@H](CC(C)C)NC(=O)NNC(=O)[C@H](Cc1ccccc1F)NC(=O)[C@@H](NC(=O)[C@H](CC(N)=O)NC(=O)[C@@H]1C[C@@H](O)CC1C(=O)[C@@H](Cc1ccc(O)cc1)NC(C)=O)[C@@H](C)O)C(=O)N[C@@H](Cc1c[nH]c2ccccc12)C(N)=O. The molecule has 1 aliphatic rings. The van der Waals surface area contributed by atoms with Crippen molar-refractivity contribution in [3.05, 3.63) is 102 Å². The Balaban J connectivity index is 1.29. The Bertz CT molecular complexity index is 3200. The number of Topliss-reactive ketones (excluding diaryl/α,β-unsaturated/α-hetero) is 1. The number of hydrogen-bond acceptors (Lipinski definition) is 15. The number of carbonyl (C=O) groups is 11. The third-order valence-electron chi connectivity index (χ3n) is 14.7. The molecule has 11 atom stereocenters. The van der Waals surface area contributed by atoms with E-state index >= 15 is 4.39 Å². The summed E-state index contributed by atoms with van der Waals surface area (Å²) in [7, 11) is 1.53. The van der Waals surface area contributed by atoms with Crippen molar-refractivity contribution in [1.82, 2.24) is 63.7 Å². The zero-order valence-corrected chi connectivity index (χ0v) is 49.9. The number of phenolic OH excluding ortho intramolecular Hbond substituents is 1. The maximum absolute atomic E-state index is 15.2. The highest BCUT2D eigenvalue weighted by Gasteiger charge is 2.45. The van der Waals surface area contributed by atoms with Crippen molar-refractivity contribution in [1.29, 1.82) is 5.41 Å². The predicted octanol–water partition coefficient (Wildman–Crippen LogP) is -2.06. The van der Waals surface area contributed by atoms with E-state index in [4.69, 9.17) is 16.9 Å². The quantitative estimate of drug-likeness (QED) is 0.0111. The summed E-state index contributed by atoms with van der Waals surface area (Å²) in [6, 6.07) is 6.25. The molecule has 11 amide bonds. The van der Waals surface area contributed by atoms with Gasteiger partial charge in [-0.2, -0.15) is 0 Å². The molecule has 1 saturated carbocycles. The summed E-state index contributed by atoms with van der Waals surface area (Å²) < 4.78 is 15.2. The molecule has 482 valence electrons. The van der Waals surface area contributed by atoms with Crippen LogP contribution in [0.1, 0.15) is 82.9 Å². The number of aromatic amines is 1. The molecule has 29 nitrogen and oxygen atoms in total. The molecule has 1 heterocycles. The standard InChI is InChI=1S/C59H80FN15O14/c1-29(2)21-45(54(85)68-42(15-10-20-65-58(63)64-5)53(84)69-44(51(62)82)24-34-28-66-41-14-9-7-12-37(34)41)72-59(89)75-74-56(87)46(23-33-11-6-8-13-40(33)60)71-57(88)49(30(3)76)73-55(86)47(27-48(61)80)70-52(83)39-26-36(79)25-38(39)50(81)43(67-31(4)77)22-32-16-18-35(78)19-17-32/h6-9,11-14,16-19,28-30,36,38-39,42-47,49,66,76,78-79H,10,15,20-27H2,1-5H3,(H2,61,80)(H2,62,82)(H,67,77)(H,68,85)(H,69,84)(H,70,83)(H,71,88)(H,73,86)(H,74,87)(H3,63,64,65)(H2,72,75,89)/t30-,36+,38?,39-,42+,43-,44+,45+,46+,47+,49+/m1/s1. The number of H-pyrrole nitrogens is 1. The van der Waals surface area contributed by atoms with Crippen LogP contribution >= 0.6 is 0 Å².